The van der Waals surface area contributed by atoms with Crippen LogP contribution in [0.3, 0.4) is 0 Å². The second kappa shape index (κ2) is 10.9. The molecule has 5 heteroatoms. The van der Waals surface area contributed by atoms with Gasteiger partial charge in [0.05, 0.1) is 13.2 Å². The molecule has 2 N–H and O–H groups in total. The van der Waals surface area contributed by atoms with Gasteiger partial charge in [0.15, 0.2) is 5.96 Å². The molecule has 0 heterocycles. The first-order valence-electron chi connectivity index (χ1n) is 6.78. The van der Waals surface area contributed by atoms with Gasteiger partial charge in [0, 0.05) is 19.7 Å². The van der Waals surface area contributed by atoms with Gasteiger partial charge in [0.1, 0.15) is 0 Å². The van der Waals surface area contributed by atoms with Gasteiger partial charge in [-0.05, 0) is 31.9 Å². The van der Waals surface area contributed by atoms with Gasteiger partial charge in [0.25, 0.3) is 0 Å². The normalized spacial score (nSPS) is 11.2. The van der Waals surface area contributed by atoms with Crippen molar-refractivity contribution in [2.24, 2.45) is 4.99 Å². The Balaban J connectivity index is 0.00000361. The van der Waals surface area contributed by atoms with Crippen LogP contribution in [0.1, 0.15) is 31.9 Å². The zero-order valence-corrected chi connectivity index (χ0v) is 15.1. The predicted octanol–water partition coefficient (Wildman–Crippen LogP) is 2.91. The molecule has 1 aromatic rings. The minimum absolute atomic E-state index is 0. The Hall–Kier alpha value is -0.820. The number of nitrogens with zero attached hydrogens (tertiary/aromatic N) is 1. The monoisotopic (exact) mass is 391 g/mol. The lowest BCUT2D eigenvalue weighted by Crippen LogP contribution is -2.41. The molecule has 0 aliphatic rings. The zero-order chi connectivity index (χ0) is 14.1. The molecular formula is C15H26IN3O. The lowest BCUT2D eigenvalue weighted by Gasteiger charge is -2.14. The third-order valence-corrected chi connectivity index (χ3v) is 2.60. The van der Waals surface area contributed by atoms with Crippen LogP contribution in [-0.2, 0) is 17.9 Å². The van der Waals surface area contributed by atoms with Gasteiger partial charge in [-0.25, -0.2) is 4.99 Å². The van der Waals surface area contributed by atoms with Crippen molar-refractivity contribution in [3.8, 4) is 0 Å². The van der Waals surface area contributed by atoms with Crippen LogP contribution in [0.4, 0.5) is 0 Å². The summed E-state index contributed by atoms with van der Waals surface area (Å²) in [6, 6.07) is 8.60. The highest BCUT2D eigenvalue weighted by Crippen LogP contribution is 2.11. The third-order valence-electron chi connectivity index (χ3n) is 2.60. The lowest BCUT2D eigenvalue weighted by molar-refractivity contribution is 0.184. The van der Waals surface area contributed by atoms with Crippen molar-refractivity contribution in [3.05, 3.63) is 35.4 Å². The highest BCUT2D eigenvalue weighted by Gasteiger charge is 2.03. The van der Waals surface area contributed by atoms with E-state index in [1.54, 1.807) is 7.11 Å². The molecule has 0 aliphatic carbocycles. The molecule has 0 unspecified atom stereocenters. The Bertz CT molecular complexity index is 408. The van der Waals surface area contributed by atoms with Crippen LogP contribution < -0.4 is 10.6 Å². The van der Waals surface area contributed by atoms with E-state index >= 15 is 0 Å². The van der Waals surface area contributed by atoms with Crippen molar-refractivity contribution < 1.29 is 4.74 Å². The number of halogens is 1. The van der Waals surface area contributed by atoms with E-state index in [9.17, 15) is 0 Å². The summed E-state index contributed by atoms with van der Waals surface area (Å²) in [4.78, 5) is 4.61. The molecule has 114 valence electrons. The third kappa shape index (κ3) is 7.09. The SMILES string of the molecule is CCNC(=NCc1ccccc1COC)NC(C)C.I. The molecule has 0 aliphatic heterocycles. The van der Waals surface area contributed by atoms with Crippen molar-refractivity contribution in [2.75, 3.05) is 13.7 Å². The first-order chi connectivity index (χ1) is 9.17. The Labute approximate surface area is 139 Å². The molecule has 0 bridgehead atoms. The van der Waals surface area contributed by atoms with E-state index in [-0.39, 0.29) is 24.0 Å². The molecule has 0 saturated carbocycles. The summed E-state index contributed by atoms with van der Waals surface area (Å²) in [5.74, 6) is 0.852. The van der Waals surface area contributed by atoms with Gasteiger partial charge in [0.2, 0.25) is 0 Å². The predicted molar refractivity (Wildman–Crippen MR) is 95.7 cm³/mol. The van der Waals surface area contributed by atoms with Crippen LogP contribution in [0, 0.1) is 0 Å². The second-order valence-electron chi connectivity index (χ2n) is 4.70. The standard InChI is InChI=1S/C15H25N3O.HI/c1-5-16-15(18-12(2)3)17-10-13-8-6-7-9-14(13)11-19-4;/h6-9,12H,5,10-11H2,1-4H3,(H2,16,17,18);1H. The molecule has 20 heavy (non-hydrogen) atoms. The molecule has 4 nitrogen and oxygen atoms in total. The topological polar surface area (TPSA) is 45.7 Å². The maximum absolute atomic E-state index is 5.21. The van der Waals surface area contributed by atoms with Crippen LogP contribution >= 0.6 is 24.0 Å². The van der Waals surface area contributed by atoms with Gasteiger partial charge in [-0.1, -0.05) is 24.3 Å². The number of benzene rings is 1. The first kappa shape index (κ1) is 19.2. The van der Waals surface area contributed by atoms with Crippen LogP contribution in [0.2, 0.25) is 0 Å². The highest BCUT2D eigenvalue weighted by molar-refractivity contribution is 14.0. The maximum atomic E-state index is 5.21. The molecule has 0 spiro atoms. The first-order valence-corrected chi connectivity index (χ1v) is 6.78. The molecule has 0 fully saturated rings. The number of guanidine groups is 1. The molecule has 0 saturated heterocycles. The van der Waals surface area contributed by atoms with Crippen molar-refractivity contribution in [1.82, 2.24) is 10.6 Å². The molecule has 1 aromatic carbocycles. The molecule has 0 radical (unpaired) electrons. The van der Waals surface area contributed by atoms with Gasteiger partial charge < -0.3 is 15.4 Å². The Morgan fingerprint density at radius 2 is 1.90 bits per heavy atom. The van der Waals surface area contributed by atoms with E-state index in [0.717, 1.165) is 12.5 Å². The van der Waals surface area contributed by atoms with E-state index in [1.807, 2.05) is 12.1 Å². The van der Waals surface area contributed by atoms with Crippen molar-refractivity contribution in [2.45, 2.75) is 40.0 Å². The van der Waals surface area contributed by atoms with Crippen molar-refractivity contribution in [1.29, 1.82) is 0 Å². The summed E-state index contributed by atoms with van der Waals surface area (Å²) in [5.41, 5.74) is 2.39. The largest absolute Gasteiger partial charge is 0.380 e. The van der Waals surface area contributed by atoms with Crippen molar-refractivity contribution in [3.63, 3.8) is 0 Å². The van der Waals surface area contributed by atoms with E-state index in [1.165, 1.54) is 11.1 Å². The van der Waals surface area contributed by atoms with Crippen LogP contribution in [0.15, 0.2) is 29.3 Å². The second-order valence-corrected chi connectivity index (χ2v) is 4.70. The number of nitrogens with one attached hydrogen (secondary N) is 2. The fourth-order valence-electron chi connectivity index (χ4n) is 1.77. The number of ether oxygens (including phenoxy) is 1. The quantitative estimate of drug-likeness (QED) is 0.445. The highest BCUT2D eigenvalue weighted by atomic mass is 127. The number of rotatable bonds is 6. The van der Waals surface area contributed by atoms with Gasteiger partial charge >= 0.3 is 0 Å². The summed E-state index contributed by atoms with van der Waals surface area (Å²) in [6.45, 7) is 8.41. The van der Waals surface area contributed by atoms with Crippen molar-refractivity contribution >= 4 is 29.9 Å². The van der Waals surface area contributed by atoms with Crippen LogP contribution in [0.5, 0.6) is 0 Å². The maximum Gasteiger partial charge on any atom is 0.191 e. The molecule has 1 rings (SSSR count). The van der Waals surface area contributed by atoms with Gasteiger partial charge in [-0.15, -0.1) is 24.0 Å². The average molecular weight is 391 g/mol. The fraction of sp³-hybridized carbons (Fsp3) is 0.533. The average Bonchev–Trinajstić information content (AvgIpc) is 2.37. The van der Waals surface area contributed by atoms with E-state index in [4.69, 9.17) is 4.74 Å². The number of hydrogen-bond acceptors (Lipinski definition) is 2. The Morgan fingerprint density at radius 1 is 1.25 bits per heavy atom. The minimum Gasteiger partial charge on any atom is -0.380 e. The smallest absolute Gasteiger partial charge is 0.191 e. The molecule has 0 aromatic heterocycles. The summed E-state index contributed by atoms with van der Waals surface area (Å²) in [7, 11) is 1.71. The number of aliphatic imine (C=N–C) groups is 1. The molecular weight excluding hydrogens is 365 g/mol. The minimum atomic E-state index is 0. The van der Waals surface area contributed by atoms with Gasteiger partial charge in [-0.3, -0.25) is 0 Å². The van der Waals surface area contributed by atoms with Crippen LogP contribution in [0.25, 0.3) is 0 Å². The summed E-state index contributed by atoms with van der Waals surface area (Å²) >= 11 is 0. The number of hydrogen-bond donors (Lipinski definition) is 2. The van der Waals surface area contributed by atoms with E-state index in [2.05, 4.69) is 48.5 Å². The van der Waals surface area contributed by atoms with Gasteiger partial charge in [-0.2, -0.15) is 0 Å². The van der Waals surface area contributed by atoms with E-state index < -0.39 is 0 Å². The Morgan fingerprint density at radius 3 is 2.45 bits per heavy atom. The molecule has 0 amide bonds. The fourth-order valence-corrected chi connectivity index (χ4v) is 1.77. The summed E-state index contributed by atoms with van der Waals surface area (Å²) in [6.07, 6.45) is 0. The van der Waals surface area contributed by atoms with Crippen LogP contribution in [-0.4, -0.2) is 25.7 Å². The lowest BCUT2D eigenvalue weighted by atomic mass is 10.1. The Kier molecular flexibility index (Phi) is 10.5. The number of methoxy groups -OCH3 is 1. The van der Waals surface area contributed by atoms with E-state index in [0.29, 0.717) is 19.2 Å². The zero-order valence-electron chi connectivity index (χ0n) is 12.8. The summed E-state index contributed by atoms with van der Waals surface area (Å²) in [5, 5.41) is 6.55. The molecule has 0 atom stereocenters. The summed E-state index contributed by atoms with van der Waals surface area (Å²) < 4.78 is 5.21.